The molecule has 1 aliphatic heterocycles. The Morgan fingerprint density at radius 2 is 2.11 bits per heavy atom. The third kappa shape index (κ3) is 2.01. The minimum absolute atomic E-state index is 0.0217. The van der Waals surface area contributed by atoms with Gasteiger partial charge in [-0.15, -0.1) is 0 Å². The maximum Gasteiger partial charge on any atom is 0.178 e. The van der Waals surface area contributed by atoms with E-state index in [0.717, 1.165) is 22.1 Å². The number of fused-ring (bicyclic) bond motifs is 2. The summed E-state index contributed by atoms with van der Waals surface area (Å²) in [6.07, 6.45) is 5.72. The zero-order valence-corrected chi connectivity index (χ0v) is 11.2. The van der Waals surface area contributed by atoms with Crippen molar-refractivity contribution in [2.45, 2.75) is 26.4 Å². The summed E-state index contributed by atoms with van der Waals surface area (Å²) < 4.78 is 5.94. The third-order valence-electron chi connectivity index (χ3n) is 3.27. The number of hydrogen-bond acceptors (Lipinski definition) is 3. The number of ether oxygens (including phenoxy) is 1. The summed E-state index contributed by atoms with van der Waals surface area (Å²) in [6, 6.07) is 5.85. The molecule has 0 saturated heterocycles. The van der Waals surface area contributed by atoms with Gasteiger partial charge in [0.05, 0.1) is 0 Å². The maximum absolute atomic E-state index is 11.6. The number of rotatable bonds is 1. The van der Waals surface area contributed by atoms with E-state index in [4.69, 9.17) is 4.74 Å². The normalized spacial score (nSPS) is 15.9. The summed E-state index contributed by atoms with van der Waals surface area (Å²) in [5, 5.41) is 1.85. The second kappa shape index (κ2) is 3.92. The quantitative estimate of drug-likeness (QED) is 0.729. The van der Waals surface area contributed by atoms with Crippen LogP contribution in [0.15, 0.2) is 30.5 Å². The van der Waals surface area contributed by atoms with E-state index in [1.807, 2.05) is 44.2 Å². The molecular formula is C16H15NO2. The van der Waals surface area contributed by atoms with E-state index in [2.05, 4.69) is 4.98 Å². The number of pyridine rings is 1. The number of ketones is 1. The van der Waals surface area contributed by atoms with Crippen LogP contribution in [-0.4, -0.2) is 16.4 Å². The van der Waals surface area contributed by atoms with Crippen LogP contribution in [0, 0.1) is 0 Å². The van der Waals surface area contributed by atoms with Crippen LogP contribution in [0.4, 0.5) is 0 Å². The average Bonchev–Trinajstić information content (AvgIpc) is 2.34. The van der Waals surface area contributed by atoms with Gasteiger partial charge in [0.2, 0.25) is 0 Å². The average molecular weight is 253 g/mol. The zero-order chi connectivity index (χ0) is 13.6. The van der Waals surface area contributed by atoms with E-state index >= 15 is 0 Å². The number of Topliss-reactive ketones (excluding diaryl/α,β-unsaturated/α-hetero) is 1. The van der Waals surface area contributed by atoms with Crippen molar-refractivity contribution < 1.29 is 9.53 Å². The van der Waals surface area contributed by atoms with Gasteiger partial charge in [-0.05, 0) is 43.5 Å². The highest BCUT2D eigenvalue weighted by Gasteiger charge is 2.22. The Morgan fingerprint density at radius 3 is 2.84 bits per heavy atom. The van der Waals surface area contributed by atoms with Gasteiger partial charge in [-0.2, -0.15) is 0 Å². The van der Waals surface area contributed by atoms with E-state index in [0.29, 0.717) is 5.69 Å². The topological polar surface area (TPSA) is 39.2 Å². The zero-order valence-electron chi connectivity index (χ0n) is 11.2. The smallest absolute Gasteiger partial charge is 0.178 e. The van der Waals surface area contributed by atoms with Crippen LogP contribution < -0.4 is 4.74 Å². The van der Waals surface area contributed by atoms with E-state index < -0.39 is 0 Å². The molecule has 3 heteroatoms. The summed E-state index contributed by atoms with van der Waals surface area (Å²) in [5.74, 6) is 0.826. The lowest BCUT2D eigenvalue weighted by Gasteiger charge is -2.28. The minimum Gasteiger partial charge on any atom is -0.483 e. The molecule has 96 valence electrons. The van der Waals surface area contributed by atoms with Gasteiger partial charge in [-0.25, -0.2) is 0 Å². The predicted molar refractivity (Wildman–Crippen MR) is 75.5 cm³/mol. The van der Waals surface area contributed by atoms with Crippen LogP contribution in [-0.2, 0) is 0 Å². The fraction of sp³-hybridized carbons (Fsp3) is 0.250. The highest BCUT2D eigenvalue weighted by Crippen LogP contribution is 2.34. The molecule has 0 amide bonds. The Balaban J connectivity index is 2.27. The van der Waals surface area contributed by atoms with Crippen molar-refractivity contribution in [2.75, 3.05) is 0 Å². The number of carbonyl (C=O) groups is 1. The first-order chi connectivity index (χ1) is 8.96. The van der Waals surface area contributed by atoms with Gasteiger partial charge in [0.1, 0.15) is 17.0 Å². The lowest BCUT2D eigenvalue weighted by atomic mass is 9.98. The molecule has 19 heavy (non-hydrogen) atoms. The van der Waals surface area contributed by atoms with Crippen molar-refractivity contribution in [3.63, 3.8) is 0 Å². The maximum atomic E-state index is 11.6. The molecule has 2 aromatic rings. The molecule has 0 N–H and O–H groups in total. The molecule has 0 bridgehead atoms. The third-order valence-corrected chi connectivity index (χ3v) is 3.27. The van der Waals surface area contributed by atoms with Gasteiger partial charge < -0.3 is 4.74 Å². The van der Waals surface area contributed by atoms with Crippen molar-refractivity contribution in [2.24, 2.45) is 0 Å². The lowest BCUT2D eigenvalue weighted by molar-refractivity contribution is 0.101. The number of aromatic nitrogens is 1. The number of nitrogens with zero attached hydrogens (tertiary/aromatic N) is 1. The Kier molecular flexibility index (Phi) is 2.45. The molecule has 1 aromatic heterocycles. The van der Waals surface area contributed by atoms with Crippen LogP contribution in [0.2, 0.25) is 0 Å². The first-order valence-corrected chi connectivity index (χ1v) is 6.28. The monoisotopic (exact) mass is 253 g/mol. The summed E-state index contributed by atoms with van der Waals surface area (Å²) in [7, 11) is 0. The van der Waals surface area contributed by atoms with E-state index in [1.54, 1.807) is 6.20 Å². The molecule has 0 spiro atoms. The van der Waals surface area contributed by atoms with Gasteiger partial charge in [0.25, 0.3) is 0 Å². The van der Waals surface area contributed by atoms with Crippen molar-refractivity contribution >= 4 is 22.6 Å². The molecule has 0 unspecified atom stereocenters. The molecule has 0 aliphatic carbocycles. The van der Waals surface area contributed by atoms with E-state index in [-0.39, 0.29) is 11.4 Å². The van der Waals surface area contributed by atoms with Crippen LogP contribution in [0.1, 0.15) is 36.8 Å². The Labute approximate surface area is 111 Å². The molecule has 3 nitrogen and oxygen atoms in total. The Bertz CT molecular complexity index is 714. The largest absolute Gasteiger partial charge is 0.483 e. The fourth-order valence-corrected chi connectivity index (χ4v) is 2.32. The van der Waals surface area contributed by atoms with E-state index in [1.165, 1.54) is 6.92 Å². The van der Waals surface area contributed by atoms with Crippen LogP contribution >= 0.6 is 0 Å². The fourth-order valence-electron chi connectivity index (χ4n) is 2.32. The second-order valence-electron chi connectivity index (χ2n) is 5.37. The van der Waals surface area contributed by atoms with Crippen molar-refractivity contribution in [1.82, 2.24) is 4.98 Å². The molecule has 2 heterocycles. The summed E-state index contributed by atoms with van der Waals surface area (Å²) in [5.41, 5.74) is 1.21. The number of benzene rings is 1. The molecule has 1 aromatic carbocycles. The van der Waals surface area contributed by atoms with Gasteiger partial charge in [-0.1, -0.05) is 6.08 Å². The number of hydrogen-bond donors (Lipinski definition) is 0. The standard InChI is InChI=1S/C16H15NO2/c1-10(18)15-13-8-12-4-6-16(2,3)19-14(12)9-11(13)5-7-17-15/h4-9H,1-3H3. The molecule has 0 radical (unpaired) electrons. The van der Waals surface area contributed by atoms with Crippen molar-refractivity contribution in [3.05, 3.63) is 41.7 Å². The van der Waals surface area contributed by atoms with Crippen LogP contribution in [0.25, 0.3) is 16.8 Å². The summed E-state index contributed by atoms with van der Waals surface area (Å²) in [6.45, 7) is 5.57. The minimum atomic E-state index is -0.295. The molecule has 3 rings (SSSR count). The van der Waals surface area contributed by atoms with Gasteiger partial charge in [0.15, 0.2) is 5.78 Å². The van der Waals surface area contributed by atoms with Gasteiger partial charge in [-0.3, -0.25) is 9.78 Å². The first-order valence-electron chi connectivity index (χ1n) is 6.28. The predicted octanol–water partition coefficient (Wildman–Crippen LogP) is 3.62. The van der Waals surface area contributed by atoms with Crippen LogP contribution in [0.5, 0.6) is 5.75 Å². The first kappa shape index (κ1) is 11.9. The van der Waals surface area contributed by atoms with Crippen molar-refractivity contribution in [1.29, 1.82) is 0 Å². The molecule has 0 saturated carbocycles. The molecular weight excluding hydrogens is 238 g/mol. The lowest BCUT2D eigenvalue weighted by Crippen LogP contribution is -2.27. The SMILES string of the molecule is CC(=O)c1nccc2cc3c(cc12)C=CC(C)(C)O3. The van der Waals surface area contributed by atoms with Gasteiger partial charge in [0, 0.05) is 24.1 Å². The number of carbonyl (C=O) groups excluding carboxylic acids is 1. The second-order valence-corrected chi connectivity index (χ2v) is 5.37. The summed E-state index contributed by atoms with van der Waals surface area (Å²) >= 11 is 0. The van der Waals surface area contributed by atoms with E-state index in [9.17, 15) is 4.79 Å². The molecule has 0 atom stereocenters. The summed E-state index contributed by atoms with van der Waals surface area (Å²) in [4.78, 5) is 15.8. The Morgan fingerprint density at radius 1 is 1.32 bits per heavy atom. The van der Waals surface area contributed by atoms with Crippen LogP contribution in [0.3, 0.4) is 0 Å². The highest BCUT2D eigenvalue weighted by atomic mass is 16.5. The molecule has 1 aliphatic rings. The Hall–Kier alpha value is -2.16. The van der Waals surface area contributed by atoms with Crippen molar-refractivity contribution in [3.8, 4) is 5.75 Å². The molecule has 0 fully saturated rings. The van der Waals surface area contributed by atoms with Gasteiger partial charge >= 0.3 is 0 Å². The highest BCUT2D eigenvalue weighted by molar-refractivity contribution is 6.06.